The molecule has 0 spiro atoms. The van der Waals surface area contributed by atoms with Gasteiger partial charge < -0.3 is 4.90 Å². The Balaban J connectivity index is 1.53. The maximum Gasteiger partial charge on any atom is 0.226 e. The molecule has 1 fully saturated rings. The summed E-state index contributed by atoms with van der Waals surface area (Å²) in [5, 5.41) is 0. The van der Waals surface area contributed by atoms with E-state index in [4.69, 9.17) is 0 Å². The Morgan fingerprint density at radius 2 is 1.72 bits per heavy atom. The number of benzene rings is 2. The van der Waals surface area contributed by atoms with Gasteiger partial charge in [0.15, 0.2) is 0 Å². The lowest BCUT2D eigenvalue weighted by atomic mass is 10.1. The Kier molecular flexibility index (Phi) is 5.70. The molecule has 0 radical (unpaired) electrons. The lowest BCUT2D eigenvalue weighted by molar-refractivity contribution is -0.134. The van der Waals surface area contributed by atoms with E-state index in [2.05, 4.69) is 36.2 Å². The minimum Gasteiger partial charge on any atom is -0.334 e. The van der Waals surface area contributed by atoms with Crippen LogP contribution in [0, 0.1) is 11.7 Å². The zero-order valence-electron chi connectivity index (χ0n) is 16.6. The van der Waals surface area contributed by atoms with Crippen molar-refractivity contribution < 1.29 is 9.18 Å². The molecule has 1 aliphatic rings. The van der Waals surface area contributed by atoms with Gasteiger partial charge in [0.1, 0.15) is 5.82 Å². The first kappa shape index (κ1) is 19.3. The molecule has 2 atom stereocenters. The molecule has 3 aromatic rings. The van der Waals surface area contributed by atoms with Crippen LogP contribution in [0.5, 0.6) is 0 Å². The molecule has 4 rings (SSSR count). The SMILES string of the molecule is CCc1ccc(CN(Cc2cccnc2)C(=O)C2CC2c2ccccc2F)cc1. The summed E-state index contributed by atoms with van der Waals surface area (Å²) >= 11 is 0. The van der Waals surface area contributed by atoms with Crippen molar-refractivity contribution >= 4 is 5.91 Å². The number of halogens is 1. The molecule has 0 N–H and O–H groups in total. The summed E-state index contributed by atoms with van der Waals surface area (Å²) in [7, 11) is 0. The van der Waals surface area contributed by atoms with E-state index in [1.165, 1.54) is 11.6 Å². The van der Waals surface area contributed by atoms with Gasteiger partial charge in [-0.15, -0.1) is 0 Å². The third kappa shape index (κ3) is 4.53. The van der Waals surface area contributed by atoms with Crippen LogP contribution in [0.3, 0.4) is 0 Å². The molecule has 2 unspecified atom stereocenters. The molecule has 1 saturated carbocycles. The zero-order chi connectivity index (χ0) is 20.2. The standard InChI is InChI=1S/C25H25FN2O/c1-2-18-9-11-19(12-10-18)16-28(17-20-6-5-13-27-15-20)25(29)23-14-22(23)21-7-3-4-8-24(21)26/h3-13,15,22-23H,2,14,16-17H2,1H3. The third-order valence-electron chi connectivity index (χ3n) is 5.62. The average Bonchev–Trinajstić information content (AvgIpc) is 3.55. The van der Waals surface area contributed by atoms with Crippen LogP contribution in [-0.2, 0) is 24.3 Å². The monoisotopic (exact) mass is 388 g/mol. The van der Waals surface area contributed by atoms with Gasteiger partial charge in [-0.2, -0.15) is 0 Å². The number of aryl methyl sites for hydroxylation is 1. The number of hydrogen-bond acceptors (Lipinski definition) is 2. The van der Waals surface area contributed by atoms with Crippen LogP contribution in [-0.4, -0.2) is 15.8 Å². The van der Waals surface area contributed by atoms with Crippen molar-refractivity contribution in [3.8, 4) is 0 Å². The predicted molar refractivity (Wildman–Crippen MR) is 112 cm³/mol. The van der Waals surface area contributed by atoms with Gasteiger partial charge in [-0.25, -0.2) is 4.39 Å². The van der Waals surface area contributed by atoms with E-state index in [9.17, 15) is 9.18 Å². The first-order chi connectivity index (χ1) is 14.2. The summed E-state index contributed by atoms with van der Waals surface area (Å²) in [4.78, 5) is 19.4. The Bertz CT molecular complexity index is 972. The van der Waals surface area contributed by atoms with Crippen molar-refractivity contribution in [3.63, 3.8) is 0 Å². The van der Waals surface area contributed by atoms with E-state index in [1.807, 2.05) is 23.1 Å². The van der Waals surface area contributed by atoms with Crippen LogP contribution in [0.2, 0.25) is 0 Å². The Hall–Kier alpha value is -3.01. The van der Waals surface area contributed by atoms with E-state index in [0.29, 0.717) is 25.1 Å². The maximum atomic E-state index is 14.2. The van der Waals surface area contributed by atoms with Gasteiger partial charge in [-0.3, -0.25) is 9.78 Å². The fourth-order valence-corrected chi connectivity index (χ4v) is 3.85. The number of carbonyl (C=O) groups excluding carboxylic acids is 1. The summed E-state index contributed by atoms with van der Waals surface area (Å²) in [6.07, 6.45) is 5.22. The molecule has 148 valence electrons. The first-order valence-electron chi connectivity index (χ1n) is 10.2. The molecule has 0 saturated heterocycles. The van der Waals surface area contributed by atoms with E-state index in [-0.39, 0.29) is 23.6 Å². The van der Waals surface area contributed by atoms with Gasteiger partial charge in [-0.05, 0) is 53.1 Å². The first-order valence-corrected chi connectivity index (χ1v) is 10.2. The topological polar surface area (TPSA) is 33.2 Å². The molecular weight excluding hydrogens is 363 g/mol. The smallest absolute Gasteiger partial charge is 0.226 e. The van der Waals surface area contributed by atoms with Crippen molar-refractivity contribution in [2.24, 2.45) is 5.92 Å². The number of aromatic nitrogens is 1. The third-order valence-corrected chi connectivity index (χ3v) is 5.62. The highest BCUT2D eigenvalue weighted by molar-refractivity contribution is 5.83. The van der Waals surface area contributed by atoms with Gasteiger partial charge in [0.2, 0.25) is 5.91 Å². The number of amides is 1. The van der Waals surface area contributed by atoms with Crippen molar-refractivity contribution in [2.75, 3.05) is 0 Å². The maximum absolute atomic E-state index is 14.2. The minimum absolute atomic E-state index is 0.0254. The second kappa shape index (κ2) is 8.56. The zero-order valence-corrected chi connectivity index (χ0v) is 16.6. The molecule has 1 aliphatic carbocycles. The lowest BCUT2D eigenvalue weighted by Crippen LogP contribution is -2.31. The summed E-state index contributed by atoms with van der Waals surface area (Å²) in [6.45, 7) is 3.17. The average molecular weight is 388 g/mol. The van der Waals surface area contributed by atoms with E-state index < -0.39 is 0 Å². The van der Waals surface area contributed by atoms with E-state index in [0.717, 1.165) is 17.5 Å². The van der Waals surface area contributed by atoms with Crippen molar-refractivity contribution in [1.29, 1.82) is 0 Å². The molecule has 1 aromatic heterocycles. The van der Waals surface area contributed by atoms with Gasteiger partial charge in [0.25, 0.3) is 0 Å². The summed E-state index contributed by atoms with van der Waals surface area (Å²) in [6, 6.07) is 19.0. The molecule has 0 bridgehead atoms. The molecule has 29 heavy (non-hydrogen) atoms. The van der Waals surface area contributed by atoms with E-state index >= 15 is 0 Å². The molecule has 2 aromatic carbocycles. The van der Waals surface area contributed by atoms with Gasteiger partial charge in [-0.1, -0.05) is 55.5 Å². The lowest BCUT2D eigenvalue weighted by Gasteiger charge is -2.23. The van der Waals surface area contributed by atoms with Gasteiger partial charge in [0, 0.05) is 31.4 Å². The molecule has 1 amide bonds. The van der Waals surface area contributed by atoms with Crippen molar-refractivity contribution in [3.05, 3.63) is 101 Å². The predicted octanol–water partition coefficient (Wildman–Crippen LogP) is 5.12. The van der Waals surface area contributed by atoms with Crippen LogP contribution in [0.15, 0.2) is 73.1 Å². The van der Waals surface area contributed by atoms with Crippen LogP contribution < -0.4 is 0 Å². The number of nitrogens with zero attached hydrogens (tertiary/aromatic N) is 2. The Morgan fingerprint density at radius 1 is 1.00 bits per heavy atom. The van der Waals surface area contributed by atoms with Crippen LogP contribution in [0.4, 0.5) is 4.39 Å². The van der Waals surface area contributed by atoms with Crippen molar-refractivity contribution in [1.82, 2.24) is 9.88 Å². The fraction of sp³-hybridized carbons (Fsp3) is 0.280. The van der Waals surface area contributed by atoms with Crippen LogP contribution in [0.1, 0.15) is 41.5 Å². The molecule has 0 aliphatic heterocycles. The van der Waals surface area contributed by atoms with Gasteiger partial charge in [0.05, 0.1) is 0 Å². The number of carbonyl (C=O) groups is 1. The molecule has 1 heterocycles. The highest BCUT2D eigenvalue weighted by Gasteiger charge is 2.46. The minimum atomic E-state index is -0.221. The number of rotatable bonds is 7. The normalized spacial score (nSPS) is 17.7. The van der Waals surface area contributed by atoms with Crippen LogP contribution in [0.25, 0.3) is 0 Å². The number of pyridine rings is 1. The molecule has 4 heteroatoms. The fourth-order valence-electron chi connectivity index (χ4n) is 3.85. The Labute approximate surface area is 171 Å². The quantitative estimate of drug-likeness (QED) is 0.563. The molecule has 3 nitrogen and oxygen atoms in total. The highest BCUT2D eigenvalue weighted by Crippen LogP contribution is 2.49. The molecular formula is C25H25FN2O. The summed E-state index contributed by atoms with van der Waals surface area (Å²) in [5.41, 5.74) is 4.02. The summed E-state index contributed by atoms with van der Waals surface area (Å²) < 4.78 is 14.2. The second-order valence-corrected chi connectivity index (χ2v) is 7.70. The largest absolute Gasteiger partial charge is 0.334 e. The van der Waals surface area contributed by atoms with Crippen molar-refractivity contribution in [2.45, 2.75) is 38.8 Å². The van der Waals surface area contributed by atoms with Crippen LogP contribution >= 0.6 is 0 Å². The highest BCUT2D eigenvalue weighted by atomic mass is 19.1. The summed E-state index contributed by atoms with van der Waals surface area (Å²) in [5.74, 6) is -0.315. The second-order valence-electron chi connectivity index (χ2n) is 7.70. The van der Waals surface area contributed by atoms with E-state index in [1.54, 1.807) is 24.5 Å². The number of hydrogen-bond donors (Lipinski definition) is 0. The van der Waals surface area contributed by atoms with Gasteiger partial charge >= 0.3 is 0 Å². The Morgan fingerprint density at radius 3 is 2.41 bits per heavy atom.